The van der Waals surface area contributed by atoms with E-state index in [0.29, 0.717) is 6.54 Å². The van der Waals surface area contributed by atoms with E-state index in [1.807, 2.05) is 38.1 Å². The molecule has 2 rings (SSSR count). The number of aromatic nitrogens is 1. The maximum atomic E-state index is 12.6. The predicted octanol–water partition coefficient (Wildman–Crippen LogP) is 2.43. The van der Waals surface area contributed by atoms with E-state index in [1.54, 1.807) is 4.90 Å². The molecule has 1 amide bonds. The zero-order chi connectivity index (χ0) is 17.9. The van der Waals surface area contributed by atoms with Gasteiger partial charge in [0, 0.05) is 23.9 Å². The van der Waals surface area contributed by atoms with Crippen LogP contribution >= 0.6 is 0 Å². The number of aryl methyl sites for hydroxylation is 2. The van der Waals surface area contributed by atoms with Crippen LogP contribution in [0.15, 0.2) is 41.3 Å². The fourth-order valence-corrected chi connectivity index (χ4v) is 2.50. The molecule has 7 nitrogen and oxygen atoms in total. The Morgan fingerprint density at radius 3 is 2.58 bits per heavy atom. The second kappa shape index (κ2) is 7.08. The highest BCUT2D eigenvalue weighted by atomic mass is 16.6. The van der Waals surface area contributed by atoms with Gasteiger partial charge in [0.05, 0.1) is 11.1 Å². The van der Waals surface area contributed by atoms with Crippen molar-refractivity contribution in [1.82, 2.24) is 4.57 Å². The number of pyridine rings is 1. The van der Waals surface area contributed by atoms with Crippen LogP contribution in [0.3, 0.4) is 0 Å². The lowest BCUT2D eigenvalue weighted by molar-refractivity contribution is -0.385. The standard InChI is InChI=1S/C17H19N3O4/c1-4-19(14-7-5-6-12(2)8-14)17(22)11-18-10-15(20(23)24)13(3)9-16(18)21/h5-10H,4,11H2,1-3H3. The average Bonchev–Trinajstić information content (AvgIpc) is 2.50. The highest BCUT2D eigenvalue weighted by molar-refractivity contribution is 5.93. The molecule has 0 unspecified atom stereocenters. The van der Waals surface area contributed by atoms with Gasteiger partial charge in [0.15, 0.2) is 0 Å². The summed E-state index contributed by atoms with van der Waals surface area (Å²) in [4.78, 5) is 36.6. The number of nitro groups is 1. The number of carbonyl (C=O) groups is 1. The van der Waals surface area contributed by atoms with Crippen molar-refractivity contribution in [2.24, 2.45) is 0 Å². The summed E-state index contributed by atoms with van der Waals surface area (Å²) in [6, 6.07) is 8.64. The predicted molar refractivity (Wildman–Crippen MR) is 91.3 cm³/mol. The van der Waals surface area contributed by atoms with Crippen LogP contribution in [0.4, 0.5) is 11.4 Å². The molecular formula is C17H19N3O4. The maximum absolute atomic E-state index is 12.6. The van der Waals surface area contributed by atoms with E-state index in [2.05, 4.69) is 0 Å². The van der Waals surface area contributed by atoms with E-state index in [0.717, 1.165) is 22.0 Å². The molecule has 126 valence electrons. The summed E-state index contributed by atoms with van der Waals surface area (Å²) in [7, 11) is 0. The number of amides is 1. The number of carbonyl (C=O) groups excluding carboxylic acids is 1. The van der Waals surface area contributed by atoms with Crippen LogP contribution < -0.4 is 10.5 Å². The summed E-state index contributed by atoms with van der Waals surface area (Å²) >= 11 is 0. The molecule has 1 aromatic heterocycles. The van der Waals surface area contributed by atoms with E-state index in [4.69, 9.17) is 0 Å². The average molecular weight is 329 g/mol. The molecule has 0 aliphatic carbocycles. The Hall–Kier alpha value is -2.96. The minimum atomic E-state index is -0.562. The van der Waals surface area contributed by atoms with Gasteiger partial charge in [-0.2, -0.15) is 0 Å². The molecule has 0 atom stereocenters. The van der Waals surface area contributed by atoms with Crippen molar-refractivity contribution in [3.05, 3.63) is 68.1 Å². The number of anilines is 1. The topological polar surface area (TPSA) is 85.4 Å². The van der Waals surface area contributed by atoms with Gasteiger partial charge in [-0.3, -0.25) is 24.3 Å². The van der Waals surface area contributed by atoms with Crippen LogP contribution in [-0.2, 0) is 11.3 Å². The number of benzene rings is 1. The van der Waals surface area contributed by atoms with Gasteiger partial charge in [-0.15, -0.1) is 0 Å². The van der Waals surface area contributed by atoms with Gasteiger partial charge >= 0.3 is 0 Å². The van der Waals surface area contributed by atoms with E-state index >= 15 is 0 Å². The molecule has 0 N–H and O–H groups in total. The molecule has 1 aromatic carbocycles. The lowest BCUT2D eigenvalue weighted by Crippen LogP contribution is -2.36. The molecule has 0 aliphatic heterocycles. The minimum absolute atomic E-state index is 0.180. The summed E-state index contributed by atoms with van der Waals surface area (Å²) in [5.74, 6) is -0.302. The fourth-order valence-electron chi connectivity index (χ4n) is 2.50. The molecule has 7 heteroatoms. The largest absolute Gasteiger partial charge is 0.311 e. The number of hydrogen-bond acceptors (Lipinski definition) is 4. The Morgan fingerprint density at radius 2 is 2.00 bits per heavy atom. The molecule has 0 fully saturated rings. The molecule has 0 saturated carbocycles. The van der Waals surface area contributed by atoms with Crippen LogP contribution in [0.2, 0.25) is 0 Å². The Kier molecular flexibility index (Phi) is 5.13. The van der Waals surface area contributed by atoms with E-state index < -0.39 is 10.5 Å². The van der Waals surface area contributed by atoms with Crippen LogP contribution in [0, 0.1) is 24.0 Å². The fraction of sp³-hybridized carbons (Fsp3) is 0.294. The Balaban J connectivity index is 2.33. The molecule has 0 saturated heterocycles. The Labute approximate surface area is 139 Å². The van der Waals surface area contributed by atoms with Gasteiger partial charge in [0.25, 0.3) is 11.2 Å². The first kappa shape index (κ1) is 17.4. The molecule has 24 heavy (non-hydrogen) atoms. The number of hydrogen-bond donors (Lipinski definition) is 0. The maximum Gasteiger partial charge on any atom is 0.288 e. The molecule has 2 aromatic rings. The highest BCUT2D eigenvalue weighted by Gasteiger charge is 2.18. The van der Waals surface area contributed by atoms with Crippen molar-refractivity contribution in [1.29, 1.82) is 0 Å². The van der Waals surface area contributed by atoms with Gasteiger partial charge in [0.2, 0.25) is 5.91 Å². The van der Waals surface area contributed by atoms with Crippen molar-refractivity contribution in [3.63, 3.8) is 0 Å². The minimum Gasteiger partial charge on any atom is -0.311 e. The smallest absolute Gasteiger partial charge is 0.288 e. The summed E-state index contributed by atoms with van der Waals surface area (Å²) in [6.45, 7) is 5.44. The van der Waals surface area contributed by atoms with Crippen molar-refractivity contribution >= 4 is 17.3 Å². The van der Waals surface area contributed by atoms with Crippen molar-refractivity contribution < 1.29 is 9.72 Å². The third-order valence-corrected chi connectivity index (χ3v) is 3.74. The normalized spacial score (nSPS) is 10.5. The lowest BCUT2D eigenvalue weighted by Gasteiger charge is -2.22. The second-order valence-corrected chi connectivity index (χ2v) is 5.54. The second-order valence-electron chi connectivity index (χ2n) is 5.54. The van der Waals surface area contributed by atoms with E-state index in [-0.39, 0.29) is 23.7 Å². The van der Waals surface area contributed by atoms with Crippen LogP contribution in [0.1, 0.15) is 18.1 Å². The van der Waals surface area contributed by atoms with Gasteiger partial charge in [-0.1, -0.05) is 12.1 Å². The molecule has 1 heterocycles. The lowest BCUT2D eigenvalue weighted by atomic mass is 10.2. The molecule has 0 spiro atoms. The summed E-state index contributed by atoms with van der Waals surface area (Å²) in [5, 5.41) is 11.0. The molecule has 0 bridgehead atoms. The molecular weight excluding hydrogens is 310 g/mol. The zero-order valence-electron chi connectivity index (χ0n) is 13.9. The van der Waals surface area contributed by atoms with E-state index in [1.165, 1.54) is 13.0 Å². The first-order chi connectivity index (χ1) is 11.3. The van der Waals surface area contributed by atoms with Gasteiger partial charge in [0.1, 0.15) is 6.54 Å². The highest BCUT2D eigenvalue weighted by Crippen LogP contribution is 2.17. The van der Waals surface area contributed by atoms with Gasteiger partial charge < -0.3 is 4.90 Å². The van der Waals surface area contributed by atoms with Crippen LogP contribution in [0.25, 0.3) is 0 Å². The quantitative estimate of drug-likeness (QED) is 0.623. The number of rotatable bonds is 5. The Bertz CT molecular complexity index is 842. The first-order valence-corrected chi connectivity index (χ1v) is 7.56. The van der Waals surface area contributed by atoms with Crippen LogP contribution in [-0.4, -0.2) is 21.9 Å². The summed E-state index contributed by atoms with van der Waals surface area (Å²) < 4.78 is 1.08. The third-order valence-electron chi connectivity index (χ3n) is 3.74. The van der Waals surface area contributed by atoms with Gasteiger partial charge in [-0.25, -0.2) is 0 Å². The van der Waals surface area contributed by atoms with Crippen molar-refractivity contribution in [2.45, 2.75) is 27.3 Å². The number of likely N-dealkylation sites (N-methyl/N-ethyl adjacent to an activating group) is 1. The summed E-state index contributed by atoms with van der Waals surface area (Å²) in [5.41, 5.74) is 1.41. The third kappa shape index (κ3) is 3.68. The SMILES string of the molecule is CCN(C(=O)Cn1cc([N+](=O)[O-])c(C)cc1=O)c1cccc(C)c1. The zero-order valence-corrected chi connectivity index (χ0v) is 13.9. The molecule has 0 aliphatic rings. The van der Waals surface area contributed by atoms with Crippen molar-refractivity contribution in [3.8, 4) is 0 Å². The van der Waals surface area contributed by atoms with Gasteiger partial charge in [-0.05, 0) is 38.5 Å². The first-order valence-electron chi connectivity index (χ1n) is 7.56. The Morgan fingerprint density at radius 1 is 1.29 bits per heavy atom. The summed E-state index contributed by atoms with van der Waals surface area (Å²) in [6.07, 6.45) is 1.12. The molecule has 0 radical (unpaired) electrons. The monoisotopic (exact) mass is 329 g/mol. The van der Waals surface area contributed by atoms with E-state index in [9.17, 15) is 19.7 Å². The number of nitrogens with zero attached hydrogens (tertiary/aromatic N) is 3. The van der Waals surface area contributed by atoms with Crippen molar-refractivity contribution in [2.75, 3.05) is 11.4 Å². The van der Waals surface area contributed by atoms with Crippen LogP contribution in [0.5, 0.6) is 0 Å².